The van der Waals surface area contributed by atoms with E-state index in [1.807, 2.05) is 24.3 Å². The molecule has 0 spiro atoms. The van der Waals surface area contributed by atoms with Crippen molar-refractivity contribution in [3.8, 4) is 17.3 Å². The predicted molar refractivity (Wildman–Crippen MR) is 139 cm³/mol. The number of imidazole rings is 1. The number of anilines is 2. The Bertz CT molecular complexity index is 1370. The van der Waals surface area contributed by atoms with Crippen LogP contribution in [-0.2, 0) is 6.42 Å². The summed E-state index contributed by atoms with van der Waals surface area (Å²) in [6, 6.07) is 11.3. The second kappa shape index (κ2) is 11.1. The van der Waals surface area contributed by atoms with Crippen molar-refractivity contribution in [1.82, 2.24) is 24.4 Å². The molecule has 10 heteroatoms. The summed E-state index contributed by atoms with van der Waals surface area (Å²) in [6.45, 7) is 5.21. The van der Waals surface area contributed by atoms with Gasteiger partial charge in [0.15, 0.2) is 11.6 Å². The van der Waals surface area contributed by atoms with Crippen molar-refractivity contribution in [2.75, 3.05) is 38.7 Å². The van der Waals surface area contributed by atoms with Crippen molar-refractivity contribution >= 4 is 22.7 Å². The molecule has 2 aromatic carbocycles. The third kappa shape index (κ3) is 5.81. The fourth-order valence-corrected chi connectivity index (χ4v) is 4.46. The number of aromatic nitrogens is 4. The number of rotatable bonds is 9. The van der Waals surface area contributed by atoms with Crippen molar-refractivity contribution in [3.05, 3.63) is 60.3 Å². The quantitative estimate of drug-likeness (QED) is 0.350. The Balaban J connectivity index is 1.32. The van der Waals surface area contributed by atoms with Crippen molar-refractivity contribution in [1.29, 1.82) is 0 Å². The van der Waals surface area contributed by atoms with E-state index in [9.17, 15) is 9.50 Å². The van der Waals surface area contributed by atoms with Crippen LogP contribution >= 0.6 is 0 Å². The highest BCUT2D eigenvalue weighted by Crippen LogP contribution is 2.26. The number of aryl methyl sites for hydroxylation is 1. The lowest BCUT2D eigenvalue weighted by molar-refractivity contribution is 0.0755. The Hall–Kier alpha value is -3.76. The molecular formula is C27H31FN6O3. The number of fused-ring (bicyclic) bond motifs is 1. The maximum Gasteiger partial charge on any atom is 0.229 e. The summed E-state index contributed by atoms with van der Waals surface area (Å²) in [5.74, 6) is 1.22. The predicted octanol–water partition coefficient (Wildman–Crippen LogP) is 4.10. The van der Waals surface area contributed by atoms with Crippen molar-refractivity contribution in [3.63, 3.8) is 0 Å². The molecule has 1 fully saturated rings. The number of methoxy groups -OCH3 is 1. The molecule has 2 aromatic heterocycles. The Labute approximate surface area is 214 Å². The zero-order valence-electron chi connectivity index (χ0n) is 21.0. The van der Waals surface area contributed by atoms with Crippen LogP contribution < -0.4 is 14.8 Å². The van der Waals surface area contributed by atoms with E-state index in [1.165, 1.54) is 6.33 Å². The molecule has 0 aliphatic carbocycles. The number of halogens is 1. The second-order valence-electron chi connectivity index (χ2n) is 9.10. The first-order valence-electron chi connectivity index (χ1n) is 12.5. The molecule has 5 rings (SSSR count). The summed E-state index contributed by atoms with van der Waals surface area (Å²) >= 11 is 0. The number of hydrogen-bond acceptors (Lipinski definition) is 8. The molecule has 0 bridgehead atoms. The first-order valence-corrected chi connectivity index (χ1v) is 12.5. The number of hydrogen-bond donors (Lipinski definition) is 2. The van der Waals surface area contributed by atoms with Crippen molar-refractivity contribution in [2.45, 2.75) is 32.3 Å². The van der Waals surface area contributed by atoms with Gasteiger partial charge in [0, 0.05) is 37.5 Å². The van der Waals surface area contributed by atoms with E-state index in [0.29, 0.717) is 23.4 Å². The molecule has 1 saturated heterocycles. The molecule has 0 amide bonds. The van der Waals surface area contributed by atoms with Crippen molar-refractivity contribution in [2.24, 2.45) is 0 Å². The minimum atomic E-state index is -0.558. The van der Waals surface area contributed by atoms with Crippen LogP contribution in [0.15, 0.2) is 48.9 Å². The minimum Gasteiger partial charge on any atom is -0.497 e. The van der Waals surface area contributed by atoms with E-state index in [1.54, 1.807) is 23.8 Å². The summed E-state index contributed by atoms with van der Waals surface area (Å²) in [6.07, 6.45) is 4.94. The Kier molecular flexibility index (Phi) is 7.47. The van der Waals surface area contributed by atoms with E-state index >= 15 is 0 Å². The standard InChI is InChI=1S/C27H31FN6O3/c1-3-18-12-19(14-22(13-18)37-11-10-33-8-6-20(35)7-9-33)31-27-29-16-23(28)26(32-27)34-17-30-24-15-21(36-2)4-5-25(24)34/h4-5,12-17,20,35H,3,6-11H2,1-2H3,(H,29,31,32). The fourth-order valence-electron chi connectivity index (χ4n) is 4.46. The average Bonchev–Trinajstić information content (AvgIpc) is 3.33. The van der Waals surface area contributed by atoms with Gasteiger partial charge in [-0.25, -0.2) is 14.4 Å². The lowest BCUT2D eigenvalue weighted by atomic mass is 10.1. The minimum absolute atomic E-state index is 0.0972. The molecule has 0 saturated carbocycles. The number of nitrogens with zero attached hydrogens (tertiary/aromatic N) is 5. The van der Waals surface area contributed by atoms with Gasteiger partial charge < -0.3 is 19.9 Å². The average molecular weight is 507 g/mol. The van der Waals surface area contributed by atoms with Crippen LogP contribution in [0.1, 0.15) is 25.3 Å². The van der Waals surface area contributed by atoms with Gasteiger partial charge in [0.05, 0.1) is 30.4 Å². The van der Waals surface area contributed by atoms with E-state index in [2.05, 4.69) is 32.1 Å². The third-order valence-electron chi connectivity index (χ3n) is 6.57. The SMILES string of the molecule is CCc1cc(Nc2ncc(F)c(-n3cnc4cc(OC)ccc43)n2)cc(OCCN2CCC(O)CC2)c1. The van der Waals surface area contributed by atoms with E-state index < -0.39 is 5.82 Å². The second-order valence-corrected chi connectivity index (χ2v) is 9.10. The van der Waals surface area contributed by atoms with Gasteiger partial charge in [-0.2, -0.15) is 4.98 Å². The van der Waals surface area contributed by atoms with Gasteiger partial charge in [-0.1, -0.05) is 6.92 Å². The molecule has 1 aliphatic rings. The molecule has 1 aliphatic heterocycles. The topological polar surface area (TPSA) is 97.6 Å². The molecule has 3 heterocycles. The van der Waals surface area contributed by atoms with Crippen LogP contribution in [0.2, 0.25) is 0 Å². The molecule has 2 N–H and O–H groups in total. The Morgan fingerprint density at radius 2 is 1.95 bits per heavy atom. The highest BCUT2D eigenvalue weighted by atomic mass is 19.1. The summed E-state index contributed by atoms with van der Waals surface area (Å²) in [5, 5.41) is 12.9. The fraction of sp³-hybridized carbons (Fsp3) is 0.370. The Morgan fingerprint density at radius 1 is 1.11 bits per heavy atom. The van der Waals surface area contributed by atoms with Crippen molar-refractivity contribution < 1.29 is 19.0 Å². The smallest absolute Gasteiger partial charge is 0.229 e. The molecule has 0 radical (unpaired) electrons. The maximum atomic E-state index is 14.8. The first-order chi connectivity index (χ1) is 18.0. The molecular weight excluding hydrogens is 475 g/mol. The monoisotopic (exact) mass is 506 g/mol. The number of likely N-dealkylation sites (tertiary alicyclic amines) is 1. The van der Waals surface area contributed by atoms with Crippen LogP contribution in [0, 0.1) is 5.82 Å². The van der Waals surface area contributed by atoms with Gasteiger partial charge in [-0.15, -0.1) is 0 Å². The molecule has 9 nitrogen and oxygen atoms in total. The number of piperidine rings is 1. The summed E-state index contributed by atoms with van der Waals surface area (Å²) in [4.78, 5) is 15.3. The summed E-state index contributed by atoms with van der Waals surface area (Å²) < 4.78 is 27.7. The van der Waals surface area contributed by atoms with Crippen LogP contribution in [0.3, 0.4) is 0 Å². The summed E-state index contributed by atoms with van der Waals surface area (Å²) in [7, 11) is 1.59. The van der Waals surface area contributed by atoms with Gasteiger partial charge in [-0.05, 0) is 49.1 Å². The molecule has 0 unspecified atom stereocenters. The normalized spacial score (nSPS) is 14.7. The number of ether oxygens (including phenoxy) is 2. The van der Waals surface area contributed by atoms with Gasteiger partial charge >= 0.3 is 0 Å². The molecule has 4 aromatic rings. The van der Waals surface area contributed by atoms with Crippen LogP contribution in [-0.4, -0.2) is 69.0 Å². The van der Waals surface area contributed by atoms with Gasteiger partial charge in [0.1, 0.15) is 24.4 Å². The summed E-state index contributed by atoms with van der Waals surface area (Å²) in [5.41, 5.74) is 3.23. The highest BCUT2D eigenvalue weighted by Gasteiger charge is 2.17. The van der Waals surface area contributed by atoms with Crippen LogP contribution in [0.5, 0.6) is 11.5 Å². The third-order valence-corrected chi connectivity index (χ3v) is 6.57. The van der Waals surface area contributed by atoms with Gasteiger partial charge in [0.2, 0.25) is 5.95 Å². The first kappa shape index (κ1) is 24.9. The van der Waals surface area contributed by atoms with E-state index in [-0.39, 0.29) is 17.9 Å². The molecule has 194 valence electrons. The van der Waals surface area contributed by atoms with Gasteiger partial charge in [-0.3, -0.25) is 9.47 Å². The van der Waals surface area contributed by atoms with E-state index in [0.717, 1.165) is 62.1 Å². The zero-order valence-corrected chi connectivity index (χ0v) is 21.0. The van der Waals surface area contributed by atoms with E-state index in [4.69, 9.17) is 9.47 Å². The lowest BCUT2D eigenvalue weighted by Crippen LogP contribution is -2.38. The lowest BCUT2D eigenvalue weighted by Gasteiger charge is -2.29. The largest absolute Gasteiger partial charge is 0.497 e. The highest BCUT2D eigenvalue weighted by molar-refractivity contribution is 5.78. The number of benzene rings is 2. The van der Waals surface area contributed by atoms with Crippen LogP contribution in [0.25, 0.3) is 16.9 Å². The molecule has 0 atom stereocenters. The number of aliphatic hydroxyl groups excluding tert-OH is 1. The zero-order chi connectivity index (χ0) is 25.8. The molecule has 37 heavy (non-hydrogen) atoms. The van der Waals surface area contributed by atoms with Gasteiger partial charge in [0.25, 0.3) is 0 Å². The van der Waals surface area contributed by atoms with Crippen LogP contribution in [0.4, 0.5) is 16.0 Å². The number of nitrogens with one attached hydrogen (secondary N) is 1. The Morgan fingerprint density at radius 3 is 2.73 bits per heavy atom. The maximum absolute atomic E-state index is 14.8. The number of aliphatic hydroxyl groups is 1.